The van der Waals surface area contributed by atoms with Crippen molar-refractivity contribution in [3.05, 3.63) is 52.0 Å². The molecule has 7 nitrogen and oxygen atoms in total. The standard InChI is InChI=1S/C23H26BrN3O4/c1-30-20-13-21(31-2)19(24)12-17(20)14-25-27-23(29)16-8-10-18(11-9-16)26-22(28)15-6-4-3-5-7-15/h8-15H,3-7H2,1-2H3,(H,26,28)(H,27,29)/b25-14+. The molecule has 0 spiro atoms. The molecule has 0 saturated heterocycles. The molecule has 1 fully saturated rings. The van der Waals surface area contributed by atoms with Crippen LogP contribution in [0.5, 0.6) is 11.5 Å². The summed E-state index contributed by atoms with van der Waals surface area (Å²) in [4.78, 5) is 24.7. The highest BCUT2D eigenvalue weighted by Gasteiger charge is 2.21. The molecule has 2 aromatic rings. The lowest BCUT2D eigenvalue weighted by Crippen LogP contribution is -2.24. The number of hydrogen-bond donors (Lipinski definition) is 2. The molecule has 1 aliphatic rings. The molecule has 1 saturated carbocycles. The van der Waals surface area contributed by atoms with Crippen LogP contribution < -0.4 is 20.2 Å². The Morgan fingerprint density at radius 1 is 1.03 bits per heavy atom. The molecule has 2 aromatic carbocycles. The lowest BCUT2D eigenvalue weighted by atomic mass is 9.88. The van der Waals surface area contributed by atoms with Gasteiger partial charge in [-0.1, -0.05) is 19.3 Å². The number of carbonyl (C=O) groups excluding carboxylic acids is 2. The number of benzene rings is 2. The van der Waals surface area contributed by atoms with E-state index in [0.717, 1.165) is 30.2 Å². The number of hydrogen-bond acceptors (Lipinski definition) is 5. The average molecular weight is 488 g/mol. The van der Waals surface area contributed by atoms with Crippen LogP contribution in [0.4, 0.5) is 5.69 Å². The highest BCUT2D eigenvalue weighted by molar-refractivity contribution is 9.10. The Balaban J connectivity index is 1.58. The van der Waals surface area contributed by atoms with Gasteiger partial charge in [0.2, 0.25) is 5.91 Å². The monoisotopic (exact) mass is 487 g/mol. The third-order valence-corrected chi connectivity index (χ3v) is 5.88. The number of ether oxygens (including phenoxy) is 2. The molecule has 0 unspecified atom stereocenters. The summed E-state index contributed by atoms with van der Waals surface area (Å²) in [6.45, 7) is 0. The van der Waals surface area contributed by atoms with Crippen LogP contribution in [-0.4, -0.2) is 32.2 Å². The summed E-state index contributed by atoms with van der Waals surface area (Å²) in [5.74, 6) is 0.986. The summed E-state index contributed by atoms with van der Waals surface area (Å²) < 4.78 is 11.3. The topological polar surface area (TPSA) is 89.0 Å². The van der Waals surface area contributed by atoms with Crippen molar-refractivity contribution in [2.24, 2.45) is 11.0 Å². The first kappa shape index (κ1) is 22.8. The van der Waals surface area contributed by atoms with Crippen molar-refractivity contribution in [2.45, 2.75) is 32.1 Å². The number of nitrogens with zero attached hydrogens (tertiary/aromatic N) is 1. The summed E-state index contributed by atoms with van der Waals surface area (Å²) in [6.07, 6.45) is 6.81. The Morgan fingerprint density at radius 2 is 1.71 bits per heavy atom. The van der Waals surface area contributed by atoms with Crippen LogP contribution >= 0.6 is 15.9 Å². The third kappa shape index (κ3) is 6.07. The zero-order valence-corrected chi connectivity index (χ0v) is 19.2. The molecule has 3 rings (SSSR count). The number of carbonyl (C=O) groups is 2. The quantitative estimate of drug-likeness (QED) is 0.435. The molecule has 0 heterocycles. The van der Waals surface area contributed by atoms with Crippen LogP contribution in [0, 0.1) is 5.92 Å². The number of amides is 2. The predicted molar refractivity (Wildman–Crippen MR) is 124 cm³/mol. The lowest BCUT2D eigenvalue weighted by Gasteiger charge is -2.20. The number of nitrogens with one attached hydrogen (secondary N) is 2. The maximum atomic E-state index is 12.4. The minimum Gasteiger partial charge on any atom is -0.496 e. The van der Waals surface area contributed by atoms with E-state index in [9.17, 15) is 9.59 Å². The molecule has 0 bridgehead atoms. The number of halogens is 1. The average Bonchev–Trinajstić information content (AvgIpc) is 2.80. The SMILES string of the molecule is COc1cc(OC)c(/C=N/NC(=O)c2ccc(NC(=O)C3CCCCC3)cc2)cc1Br. The van der Waals surface area contributed by atoms with E-state index in [0.29, 0.717) is 28.3 Å². The molecule has 0 aromatic heterocycles. The third-order valence-electron chi connectivity index (χ3n) is 5.26. The molecule has 2 N–H and O–H groups in total. The fourth-order valence-electron chi connectivity index (χ4n) is 3.52. The van der Waals surface area contributed by atoms with Crippen LogP contribution in [0.25, 0.3) is 0 Å². The van der Waals surface area contributed by atoms with Crippen molar-refractivity contribution >= 4 is 39.6 Å². The summed E-state index contributed by atoms with van der Waals surface area (Å²) in [5, 5.41) is 6.96. The van der Waals surface area contributed by atoms with Crippen LogP contribution in [0.2, 0.25) is 0 Å². The van der Waals surface area contributed by atoms with Crippen molar-refractivity contribution in [1.82, 2.24) is 5.43 Å². The zero-order chi connectivity index (χ0) is 22.2. The maximum absolute atomic E-state index is 12.4. The van der Waals surface area contributed by atoms with Crippen LogP contribution in [0.15, 0.2) is 46.0 Å². The second-order valence-electron chi connectivity index (χ2n) is 7.33. The molecule has 2 amide bonds. The van der Waals surface area contributed by atoms with Crippen molar-refractivity contribution in [1.29, 1.82) is 0 Å². The fourth-order valence-corrected chi connectivity index (χ4v) is 4.05. The van der Waals surface area contributed by atoms with Crippen LogP contribution in [0.3, 0.4) is 0 Å². The van der Waals surface area contributed by atoms with Gasteiger partial charge in [-0.3, -0.25) is 9.59 Å². The molecule has 0 radical (unpaired) electrons. The second kappa shape index (κ2) is 10.9. The van der Waals surface area contributed by atoms with Crippen molar-refractivity contribution in [2.75, 3.05) is 19.5 Å². The Hall–Kier alpha value is -2.87. The number of anilines is 1. The van der Waals surface area contributed by atoms with Gasteiger partial charge < -0.3 is 14.8 Å². The van der Waals surface area contributed by atoms with E-state index in [1.807, 2.05) is 0 Å². The smallest absolute Gasteiger partial charge is 0.271 e. The first-order valence-electron chi connectivity index (χ1n) is 10.2. The number of rotatable bonds is 7. The Labute approximate surface area is 190 Å². The van der Waals surface area contributed by atoms with Gasteiger partial charge in [-0.25, -0.2) is 5.43 Å². The lowest BCUT2D eigenvalue weighted by molar-refractivity contribution is -0.120. The van der Waals surface area contributed by atoms with Gasteiger partial charge in [0.15, 0.2) is 0 Å². The van der Waals surface area contributed by atoms with Gasteiger partial charge in [-0.05, 0) is 59.1 Å². The number of hydrazone groups is 1. The van der Waals surface area contributed by atoms with Gasteiger partial charge in [0.1, 0.15) is 11.5 Å². The van der Waals surface area contributed by atoms with Crippen molar-refractivity contribution < 1.29 is 19.1 Å². The fraction of sp³-hybridized carbons (Fsp3) is 0.348. The summed E-state index contributed by atoms with van der Waals surface area (Å²) in [7, 11) is 3.12. The summed E-state index contributed by atoms with van der Waals surface area (Å²) >= 11 is 3.42. The molecular formula is C23H26BrN3O4. The number of methoxy groups -OCH3 is 2. The molecule has 164 valence electrons. The van der Waals surface area contributed by atoms with Gasteiger partial charge >= 0.3 is 0 Å². The van der Waals surface area contributed by atoms with Crippen molar-refractivity contribution in [3.8, 4) is 11.5 Å². The van der Waals surface area contributed by atoms with E-state index >= 15 is 0 Å². The predicted octanol–water partition coefficient (Wildman–Crippen LogP) is 4.75. The van der Waals surface area contributed by atoms with E-state index in [2.05, 4.69) is 31.8 Å². The van der Waals surface area contributed by atoms with Gasteiger partial charge in [0.25, 0.3) is 5.91 Å². The second-order valence-corrected chi connectivity index (χ2v) is 8.18. The normalized spacial score (nSPS) is 14.3. The van der Waals surface area contributed by atoms with E-state index in [1.54, 1.807) is 50.6 Å². The van der Waals surface area contributed by atoms with E-state index in [4.69, 9.17) is 9.47 Å². The highest BCUT2D eigenvalue weighted by Crippen LogP contribution is 2.32. The summed E-state index contributed by atoms with van der Waals surface area (Å²) in [5.41, 5.74) is 4.30. The zero-order valence-electron chi connectivity index (χ0n) is 17.6. The van der Waals surface area contributed by atoms with Gasteiger partial charge in [-0.15, -0.1) is 0 Å². The molecule has 1 aliphatic carbocycles. The Morgan fingerprint density at radius 3 is 2.35 bits per heavy atom. The minimum absolute atomic E-state index is 0.0566. The molecule has 0 aliphatic heterocycles. The van der Waals surface area contributed by atoms with Crippen LogP contribution in [0.1, 0.15) is 48.0 Å². The molecule has 31 heavy (non-hydrogen) atoms. The van der Waals surface area contributed by atoms with Crippen LogP contribution in [-0.2, 0) is 4.79 Å². The Kier molecular flexibility index (Phi) is 8.06. The highest BCUT2D eigenvalue weighted by atomic mass is 79.9. The molecule has 8 heteroatoms. The van der Waals surface area contributed by atoms with E-state index in [1.165, 1.54) is 12.6 Å². The van der Waals surface area contributed by atoms with Gasteiger partial charge in [0.05, 0.1) is 24.9 Å². The first-order valence-corrected chi connectivity index (χ1v) is 11.0. The maximum Gasteiger partial charge on any atom is 0.271 e. The van der Waals surface area contributed by atoms with E-state index in [-0.39, 0.29) is 17.7 Å². The Bertz CT molecular complexity index is 954. The van der Waals surface area contributed by atoms with Gasteiger partial charge in [0, 0.05) is 28.8 Å². The summed E-state index contributed by atoms with van der Waals surface area (Å²) in [6, 6.07) is 10.3. The largest absolute Gasteiger partial charge is 0.496 e. The van der Waals surface area contributed by atoms with Gasteiger partial charge in [-0.2, -0.15) is 5.10 Å². The molecular weight excluding hydrogens is 462 g/mol. The molecule has 0 atom stereocenters. The van der Waals surface area contributed by atoms with Crippen molar-refractivity contribution in [3.63, 3.8) is 0 Å². The minimum atomic E-state index is -0.354. The van der Waals surface area contributed by atoms with E-state index < -0.39 is 0 Å². The first-order chi connectivity index (χ1) is 15.0.